The summed E-state index contributed by atoms with van der Waals surface area (Å²) in [7, 11) is 9.67. The van der Waals surface area contributed by atoms with E-state index in [1.807, 2.05) is 0 Å². The fourth-order valence-electron chi connectivity index (χ4n) is 0. The van der Waals surface area contributed by atoms with E-state index in [2.05, 4.69) is 0 Å². The van der Waals surface area contributed by atoms with Crippen molar-refractivity contribution in [3.63, 3.8) is 0 Å². The van der Waals surface area contributed by atoms with E-state index in [0.717, 1.165) is 0 Å². The smallest absolute Gasteiger partial charge is 0 e. The molecule has 0 aliphatic carbocycles. The molecule has 0 amide bonds. The average molecular weight is 277 g/mol. The van der Waals surface area contributed by atoms with E-state index in [1.165, 1.54) is 0 Å². The van der Waals surface area contributed by atoms with Crippen LogP contribution in [0.15, 0.2) is 0 Å². The second-order valence-corrected chi connectivity index (χ2v) is 2.54. The van der Waals surface area contributed by atoms with Gasteiger partial charge in [-0.3, -0.25) is 0 Å². The van der Waals surface area contributed by atoms with Crippen LogP contribution in [0, 0.1) is 0 Å². The number of hydrogen-bond donors (Lipinski definition) is 0. The van der Waals surface area contributed by atoms with Gasteiger partial charge in [0.15, 0.2) is 0 Å². The number of hydrogen-bond acceptors (Lipinski definition) is 0. The molecule has 0 aromatic carbocycles. The van der Waals surface area contributed by atoms with E-state index in [4.69, 9.17) is 19.4 Å². The fourth-order valence-corrected chi connectivity index (χ4v) is 0. The quantitative estimate of drug-likeness (QED) is 0.587. The Bertz CT molecular complexity index is 4.00. The van der Waals surface area contributed by atoms with Crippen molar-refractivity contribution >= 4 is 19.4 Å². The van der Waals surface area contributed by atoms with Crippen molar-refractivity contribution in [3.8, 4) is 0 Å². The summed E-state index contributed by atoms with van der Waals surface area (Å²) in [4.78, 5) is 0. The normalized spacial score (nSPS) is 5.50. The van der Waals surface area contributed by atoms with Crippen molar-refractivity contribution < 1.29 is 34.6 Å². The maximum absolute atomic E-state index is 4.83. The van der Waals surface area contributed by atoms with Crippen molar-refractivity contribution in [1.82, 2.24) is 0 Å². The minimum absolute atomic E-state index is 0. The molecule has 0 atom stereocenters. The Kier molecular flexibility index (Phi) is 20.5. The van der Waals surface area contributed by atoms with Crippen molar-refractivity contribution in [3.05, 3.63) is 0 Å². The molecule has 0 rings (SSSR count). The van der Waals surface area contributed by atoms with E-state index < -0.39 is 0 Å². The molecule has 0 saturated carbocycles. The van der Waals surface area contributed by atoms with E-state index in [0.29, 0.717) is 0 Å². The summed E-state index contributed by atoms with van der Waals surface area (Å²) in [6, 6.07) is 0. The average Bonchev–Trinajstić information content (AvgIpc) is 0.918. The van der Waals surface area contributed by atoms with Crippen LogP contribution in [0.5, 0.6) is 0 Å². The van der Waals surface area contributed by atoms with Crippen molar-refractivity contribution in [2.45, 2.75) is 0 Å². The Labute approximate surface area is 53.7 Å². The van der Waals surface area contributed by atoms with E-state index >= 15 is 0 Å². The molecule has 1 radical (unpaired) electrons. The summed E-state index contributed by atoms with van der Waals surface area (Å²) in [5.41, 5.74) is 0. The Morgan fingerprint density at radius 2 is 1.25 bits per heavy atom. The Morgan fingerprint density at radius 1 is 1.25 bits per heavy atom. The molecule has 0 aromatic heterocycles. The molecule has 4 heteroatoms. The molecular weight excluding hydrogens is 277 g/mol. The summed E-state index contributed by atoms with van der Waals surface area (Å²) in [6.07, 6.45) is 0. The molecule has 0 N–H and O–H groups in total. The van der Waals surface area contributed by atoms with Crippen LogP contribution in [0.25, 0.3) is 0 Å². The molecule has 0 bridgehead atoms. The van der Waals surface area contributed by atoms with Crippen LogP contribution in [0.3, 0.4) is 0 Å². The molecule has 0 spiro atoms. The second kappa shape index (κ2) is 8.85. The van der Waals surface area contributed by atoms with Crippen LogP contribution in [0.1, 0.15) is 0 Å². The van der Waals surface area contributed by atoms with Crippen LogP contribution in [-0.4, -0.2) is 0 Å². The van der Waals surface area contributed by atoms with E-state index in [9.17, 15) is 0 Å². The van der Waals surface area contributed by atoms with Gasteiger partial charge in [-0.1, -0.05) is 0 Å². The first-order chi connectivity index (χ1) is 1.41. The molecule has 0 heterocycles. The first-order valence-electron chi connectivity index (χ1n) is 0.252. The van der Waals surface area contributed by atoms with Crippen LogP contribution in [-0.2, 0) is 34.6 Å². The van der Waals surface area contributed by atoms with Crippen molar-refractivity contribution in [2.24, 2.45) is 0 Å². The molecular formula is Cl2Rh2. The topological polar surface area (TPSA) is 0 Å². The Balaban J connectivity index is 0. The maximum atomic E-state index is 4.83. The maximum Gasteiger partial charge on any atom is 0 e. The summed E-state index contributed by atoms with van der Waals surface area (Å²) < 4.78 is 0. The standard InChI is InChI=1S/2ClH.2Rh/h2*1H;;/q;;;+2/p-2. The molecule has 4 heavy (non-hydrogen) atoms. The third kappa shape index (κ3) is 9.16. The second-order valence-electron chi connectivity index (χ2n) is 0.0476. The Hall–Kier alpha value is 1.83. The summed E-state index contributed by atoms with van der Waals surface area (Å²) in [5.74, 6) is 0. The van der Waals surface area contributed by atoms with Gasteiger partial charge in [0, 0.05) is 19.5 Å². The van der Waals surface area contributed by atoms with Gasteiger partial charge in [0.2, 0.25) is 0 Å². The van der Waals surface area contributed by atoms with Crippen molar-refractivity contribution in [1.29, 1.82) is 0 Å². The SMILES string of the molecule is [Cl][Rh][Cl].[Rh]. The summed E-state index contributed by atoms with van der Waals surface area (Å²) >= 11 is -0.226. The molecule has 0 aliphatic rings. The third-order valence-electron chi connectivity index (χ3n) is 0. The molecule has 0 nitrogen and oxygen atoms in total. The van der Waals surface area contributed by atoms with Gasteiger partial charge in [0.1, 0.15) is 0 Å². The number of rotatable bonds is 0. The summed E-state index contributed by atoms with van der Waals surface area (Å²) in [5, 5.41) is 0. The van der Waals surface area contributed by atoms with Gasteiger partial charge in [0.25, 0.3) is 0 Å². The van der Waals surface area contributed by atoms with Crippen LogP contribution in [0.2, 0.25) is 0 Å². The van der Waals surface area contributed by atoms with Gasteiger partial charge < -0.3 is 0 Å². The molecule has 0 unspecified atom stereocenters. The predicted octanol–water partition coefficient (Wildman–Crippen LogP) is 1.37. The zero-order valence-electron chi connectivity index (χ0n) is 1.42. The third-order valence-corrected chi connectivity index (χ3v) is 0. The molecule has 0 saturated heterocycles. The minimum atomic E-state index is -0.226. The van der Waals surface area contributed by atoms with Gasteiger partial charge in [-0.25, -0.2) is 0 Å². The van der Waals surface area contributed by atoms with Crippen molar-refractivity contribution in [2.75, 3.05) is 0 Å². The van der Waals surface area contributed by atoms with Crippen LogP contribution in [0.4, 0.5) is 0 Å². The van der Waals surface area contributed by atoms with Crippen LogP contribution < -0.4 is 0 Å². The number of halogens is 2. The fraction of sp³-hybridized carbons (Fsp3) is 0. The minimum Gasteiger partial charge on any atom is 0 e. The van der Waals surface area contributed by atoms with Gasteiger partial charge in [-0.05, 0) is 0 Å². The van der Waals surface area contributed by atoms with E-state index in [-0.39, 0.29) is 34.6 Å². The first-order valence-corrected chi connectivity index (χ1v) is 4.47. The first kappa shape index (κ1) is 9.27. The molecule has 32 valence electrons. The monoisotopic (exact) mass is 276 g/mol. The molecule has 0 aliphatic heterocycles. The predicted molar refractivity (Wildman–Crippen MR) is 11.7 cm³/mol. The van der Waals surface area contributed by atoms with Gasteiger partial charge in [-0.2, -0.15) is 0 Å². The molecule has 0 aromatic rings. The largest absolute Gasteiger partial charge is 0 e. The van der Waals surface area contributed by atoms with Gasteiger partial charge in [-0.15, -0.1) is 0 Å². The van der Waals surface area contributed by atoms with E-state index in [1.54, 1.807) is 0 Å². The summed E-state index contributed by atoms with van der Waals surface area (Å²) in [6.45, 7) is 0. The van der Waals surface area contributed by atoms with Crippen LogP contribution >= 0.6 is 19.4 Å². The Morgan fingerprint density at radius 3 is 1.25 bits per heavy atom. The van der Waals surface area contributed by atoms with Gasteiger partial charge >= 0.3 is 34.5 Å². The molecule has 0 fully saturated rings. The van der Waals surface area contributed by atoms with Gasteiger partial charge in [0.05, 0.1) is 0 Å². The zero-order chi connectivity index (χ0) is 2.71. The zero-order valence-corrected chi connectivity index (χ0v) is 6.21.